The van der Waals surface area contributed by atoms with E-state index in [0.717, 1.165) is 0 Å². The first-order chi connectivity index (χ1) is 7.83. The van der Waals surface area contributed by atoms with Crippen LogP contribution in [0.25, 0.3) is 0 Å². The monoisotopic (exact) mass is 268 g/mol. The first kappa shape index (κ1) is 16.5. The molecule has 0 saturated carbocycles. The van der Waals surface area contributed by atoms with Crippen LogP contribution in [0.5, 0.6) is 0 Å². The Morgan fingerprint density at radius 1 is 1.29 bits per heavy atom. The summed E-state index contributed by atoms with van der Waals surface area (Å²) in [5.41, 5.74) is -0.610. The Bertz CT molecular complexity index is 337. The molecule has 0 aliphatic heterocycles. The topological polar surface area (TPSA) is 35.5 Å². The van der Waals surface area contributed by atoms with Crippen molar-refractivity contribution in [1.29, 1.82) is 0 Å². The molecular weight excluding hydrogens is 249 g/mol. The summed E-state index contributed by atoms with van der Waals surface area (Å²) in [4.78, 5) is 0. The second-order valence-electron chi connectivity index (χ2n) is 3.34. The van der Waals surface area contributed by atoms with Crippen LogP contribution < -0.4 is 0 Å². The Hall–Kier alpha value is -0.470. The molecule has 0 amide bonds. The van der Waals surface area contributed by atoms with Gasteiger partial charge in [-0.1, -0.05) is 6.92 Å². The molecule has 0 unspecified atom stereocenters. The molecule has 0 saturated heterocycles. The normalized spacial score (nSPS) is 12.1. The van der Waals surface area contributed by atoms with Crippen LogP contribution in [-0.4, -0.2) is 18.9 Å². The Morgan fingerprint density at radius 3 is 2.12 bits per heavy atom. The van der Waals surface area contributed by atoms with Crippen LogP contribution in [0, 0.1) is 0 Å². The van der Waals surface area contributed by atoms with Crippen LogP contribution >= 0.6 is 7.60 Å². The molecule has 0 aromatic carbocycles. The SMILES string of the molecule is CCOP(=O)(OCC)C(F)(F)C=C=C(C)CC. The van der Waals surface area contributed by atoms with Crippen molar-refractivity contribution in [2.75, 3.05) is 13.2 Å². The highest BCUT2D eigenvalue weighted by Gasteiger charge is 2.51. The molecule has 0 fully saturated rings. The predicted octanol–water partition coefficient (Wildman–Crippen LogP) is 4.36. The smallest absolute Gasteiger partial charge is 0.304 e. The number of hydrogen-bond acceptors (Lipinski definition) is 3. The molecule has 17 heavy (non-hydrogen) atoms. The van der Waals surface area contributed by atoms with Crippen LogP contribution in [0.15, 0.2) is 17.4 Å². The van der Waals surface area contributed by atoms with Gasteiger partial charge in [0.05, 0.1) is 13.2 Å². The lowest BCUT2D eigenvalue weighted by molar-refractivity contribution is 0.0794. The van der Waals surface area contributed by atoms with E-state index in [1.807, 2.05) is 6.92 Å². The number of halogens is 2. The minimum atomic E-state index is -4.45. The van der Waals surface area contributed by atoms with E-state index in [1.165, 1.54) is 13.8 Å². The maximum atomic E-state index is 13.7. The lowest BCUT2D eigenvalue weighted by Gasteiger charge is -2.22. The molecule has 3 nitrogen and oxygen atoms in total. The third kappa shape index (κ3) is 4.72. The van der Waals surface area contributed by atoms with E-state index >= 15 is 0 Å². The summed E-state index contributed by atoms with van der Waals surface area (Å²) < 4.78 is 48.5. The van der Waals surface area contributed by atoms with Crippen molar-refractivity contribution in [3.8, 4) is 0 Å². The van der Waals surface area contributed by atoms with E-state index in [4.69, 9.17) is 0 Å². The number of allylic oxidation sites excluding steroid dienone is 1. The molecule has 0 aromatic heterocycles. The van der Waals surface area contributed by atoms with E-state index in [0.29, 0.717) is 18.1 Å². The Balaban J connectivity index is 5.23. The van der Waals surface area contributed by atoms with Gasteiger partial charge in [-0.05, 0) is 32.8 Å². The highest BCUT2D eigenvalue weighted by Crippen LogP contribution is 2.62. The van der Waals surface area contributed by atoms with Gasteiger partial charge in [0.15, 0.2) is 0 Å². The average Bonchev–Trinajstić information content (AvgIpc) is 2.26. The third-order valence-electron chi connectivity index (χ3n) is 1.99. The average molecular weight is 268 g/mol. The zero-order chi connectivity index (χ0) is 13.5. The molecule has 0 bridgehead atoms. The van der Waals surface area contributed by atoms with Gasteiger partial charge in [-0.25, -0.2) is 0 Å². The zero-order valence-electron chi connectivity index (χ0n) is 10.6. The minimum absolute atomic E-state index is 0.100. The Kier molecular flexibility index (Phi) is 6.88. The molecule has 100 valence electrons. The highest BCUT2D eigenvalue weighted by atomic mass is 31.2. The summed E-state index contributed by atoms with van der Waals surface area (Å²) in [5, 5.41) is 0. The summed E-state index contributed by atoms with van der Waals surface area (Å²) >= 11 is 0. The largest absolute Gasteiger partial charge is 0.404 e. The molecule has 0 spiro atoms. The van der Waals surface area contributed by atoms with Gasteiger partial charge < -0.3 is 9.05 Å². The molecular formula is C11H19F2O3P. The zero-order valence-corrected chi connectivity index (χ0v) is 11.5. The summed E-state index contributed by atoms with van der Waals surface area (Å²) in [5.74, 6) is 0. The van der Waals surface area contributed by atoms with Crippen LogP contribution in [0.1, 0.15) is 34.1 Å². The summed E-state index contributed by atoms with van der Waals surface area (Å²) in [6.45, 7) is 6.25. The predicted molar refractivity (Wildman–Crippen MR) is 63.4 cm³/mol. The fraction of sp³-hybridized carbons (Fsp3) is 0.727. The summed E-state index contributed by atoms with van der Waals surface area (Å²) in [7, 11) is -4.45. The van der Waals surface area contributed by atoms with Crippen LogP contribution in [-0.2, 0) is 13.6 Å². The lowest BCUT2D eigenvalue weighted by Crippen LogP contribution is -2.17. The maximum absolute atomic E-state index is 13.7. The first-order valence-corrected chi connectivity index (χ1v) is 7.07. The molecule has 0 atom stereocenters. The van der Waals surface area contributed by atoms with Crippen molar-refractivity contribution >= 4 is 7.60 Å². The van der Waals surface area contributed by atoms with E-state index in [2.05, 4.69) is 14.8 Å². The first-order valence-electron chi connectivity index (χ1n) is 5.53. The Morgan fingerprint density at radius 2 is 1.76 bits per heavy atom. The van der Waals surface area contributed by atoms with E-state index in [1.54, 1.807) is 6.92 Å². The number of alkyl halides is 2. The third-order valence-corrected chi connectivity index (χ3v) is 4.04. The van der Waals surface area contributed by atoms with Gasteiger partial charge in [0.1, 0.15) is 0 Å². The van der Waals surface area contributed by atoms with Crippen molar-refractivity contribution in [1.82, 2.24) is 0 Å². The summed E-state index contributed by atoms with van der Waals surface area (Å²) in [6, 6.07) is 0. The Labute approximate surface area is 101 Å². The number of rotatable bonds is 7. The molecule has 0 heterocycles. The molecule has 0 aliphatic rings. The van der Waals surface area contributed by atoms with E-state index in [9.17, 15) is 13.3 Å². The minimum Gasteiger partial charge on any atom is -0.304 e. The fourth-order valence-electron chi connectivity index (χ4n) is 0.940. The fourth-order valence-corrected chi connectivity index (χ4v) is 2.26. The van der Waals surface area contributed by atoms with Gasteiger partial charge in [0.25, 0.3) is 0 Å². The summed E-state index contributed by atoms with van der Waals surface area (Å²) in [6.07, 6.45) is 1.07. The van der Waals surface area contributed by atoms with Crippen molar-refractivity contribution in [3.05, 3.63) is 17.4 Å². The molecule has 0 aromatic rings. The standard InChI is InChI=1S/C11H19F2O3P/c1-5-10(4)8-9-11(12,13)17(14,15-6-2)16-7-3/h9H,5-7H2,1-4H3. The van der Waals surface area contributed by atoms with Crippen molar-refractivity contribution in [2.24, 2.45) is 0 Å². The highest BCUT2D eigenvalue weighted by molar-refractivity contribution is 7.55. The second-order valence-corrected chi connectivity index (χ2v) is 5.45. The molecule has 0 N–H and O–H groups in total. The molecule has 6 heteroatoms. The van der Waals surface area contributed by atoms with Gasteiger partial charge in [0, 0.05) is 6.08 Å². The van der Waals surface area contributed by atoms with Gasteiger partial charge in [-0.2, -0.15) is 8.78 Å². The van der Waals surface area contributed by atoms with Crippen LogP contribution in [0.3, 0.4) is 0 Å². The lowest BCUT2D eigenvalue weighted by atomic mass is 10.2. The van der Waals surface area contributed by atoms with E-state index < -0.39 is 13.3 Å². The maximum Gasteiger partial charge on any atom is 0.404 e. The molecule has 0 aliphatic carbocycles. The molecule has 0 radical (unpaired) electrons. The van der Waals surface area contributed by atoms with Gasteiger partial charge in [-0.3, -0.25) is 4.57 Å². The van der Waals surface area contributed by atoms with Gasteiger partial charge in [-0.15, -0.1) is 5.73 Å². The van der Waals surface area contributed by atoms with Crippen molar-refractivity contribution < 1.29 is 22.4 Å². The molecule has 0 rings (SSSR count). The van der Waals surface area contributed by atoms with Gasteiger partial charge >= 0.3 is 13.3 Å². The van der Waals surface area contributed by atoms with E-state index in [-0.39, 0.29) is 13.2 Å². The van der Waals surface area contributed by atoms with Crippen molar-refractivity contribution in [2.45, 2.75) is 39.8 Å². The quantitative estimate of drug-likeness (QED) is 0.508. The second kappa shape index (κ2) is 7.07. The van der Waals surface area contributed by atoms with Crippen molar-refractivity contribution in [3.63, 3.8) is 0 Å². The van der Waals surface area contributed by atoms with Crippen LogP contribution in [0.2, 0.25) is 0 Å². The number of hydrogen-bond donors (Lipinski definition) is 0. The van der Waals surface area contributed by atoms with Crippen LogP contribution in [0.4, 0.5) is 8.78 Å². The van der Waals surface area contributed by atoms with Gasteiger partial charge in [0.2, 0.25) is 0 Å².